The molecule has 0 radical (unpaired) electrons. The van der Waals surface area contributed by atoms with Gasteiger partial charge in [-0.2, -0.15) is 0 Å². The second kappa shape index (κ2) is 8.60. The Morgan fingerprint density at radius 3 is 2.96 bits per heavy atom. The molecule has 2 amide bonds. The Morgan fingerprint density at radius 1 is 1.41 bits per heavy atom. The highest BCUT2D eigenvalue weighted by atomic mass is 35.5. The first kappa shape index (κ1) is 19.5. The zero-order valence-corrected chi connectivity index (χ0v) is 16.4. The molecule has 0 spiro atoms. The maximum absolute atomic E-state index is 12.5. The molecule has 2 aromatic rings. The number of hydrogen-bond donors (Lipinski definition) is 2. The van der Waals surface area contributed by atoms with E-state index in [1.54, 1.807) is 18.2 Å². The van der Waals surface area contributed by atoms with E-state index in [4.69, 9.17) is 28.2 Å². The van der Waals surface area contributed by atoms with E-state index in [-0.39, 0.29) is 29.7 Å². The van der Waals surface area contributed by atoms with Gasteiger partial charge in [0.2, 0.25) is 5.91 Å². The summed E-state index contributed by atoms with van der Waals surface area (Å²) in [5.74, 6) is 0.0300. The maximum atomic E-state index is 12.5. The van der Waals surface area contributed by atoms with Crippen LogP contribution in [-0.4, -0.2) is 32.7 Å². The Kier molecular flexibility index (Phi) is 6.20. The highest BCUT2D eigenvalue weighted by molar-refractivity contribution is 8.26. The summed E-state index contributed by atoms with van der Waals surface area (Å²) in [5, 5.41) is 12.7. The number of anilines is 1. The van der Waals surface area contributed by atoms with E-state index in [0.717, 1.165) is 0 Å². The summed E-state index contributed by atoms with van der Waals surface area (Å²) in [6.45, 7) is 0.328. The molecule has 1 aromatic heterocycles. The van der Waals surface area contributed by atoms with Crippen LogP contribution in [0.4, 0.5) is 5.69 Å². The van der Waals surface area contributed by atoms with Crippen molar-refractivity contribution in [3.8, 4) is 5.75 Å². The topological polar surface area (TPSA) is 82.8 Å². The van der Waals surface area contributed by atoms with Gasteiger partial charge in [0.1, 0.15) is 15.8 Å². The Labute approximate surface area is 170 Å². The lowest BCUT2D eigenvalue weighted by atomic mass is 10.2. The van der Waals surface area contributed by atoms with Crippen molar-refractivity contribution >= 4 is 63.5 Å². The van der Waals surface area contributed by atoms with Crippen LogP contribution in [0.1, 0.15) is 18.6 Å². The number of hydrogen-bond acceptors (Lipinski definition) is 6. The average molecular weight is 423 g/mol. The predicted octanol–water partition coefficient (Wildman–Crippen LogP) is 4.26. The molecule has 27 heavy (non-hydrogen) atoms. The number of halogens is 1. The lowest BCUT2D eigenvalue weighted by molar-refractivity contribution is -0.122. The fourth-order valence-corrected chi connectivity index (χ4v) is 3.87. The summed E-state index contributed by atoms with van der Waals surface area (Å²) in [7, 11) is 0. The number of rotatable bonds is 6. The van der Waals surface area contributed by atoms with Gasteiger partial charge in [0.25, 0.3) is 5.91 Å². The van der Waals surface area contributed by atoms with Gasteiger partial charge < -0.3 is 14.8 Å². The van der Waals surface area contributed by atoms with Crippen molar-refractivity contribution in [3.05, 3.63) is 52.3 Å². The van der Waals surface area contributed by atoms with Gasteiger partial charge in [-0.1, -0.05) is 35.6 Å². The Hall–Kier alpha value is -2.29. The summed E-state index contributed by atoms with van der Waals surface area (Å²) < 4.78 is 5.66. The van der Waals surface area contributed by atoms with Gasteiger partial charge in [0, 0.05) is 24.1 Å². The predicted molar refractivity (Wildman–Crippen MR) is 110 cm³/mol. The molecule has 1 saturated heterocycles. The van der Waals surface area contributed by atoms with Crippen LogP contribution in [0.2, 0.25) is 5.02 Å². The lowest BCUT2D eigenvalue weighted by Gasteiger charge is -2.14. The highest BCUT2D eigenvalue weighted by Gasteiger charge is 2.31. The van der Waals surface area contributed by atoms with Crippen LogP contribution in [0.3, 0.4) is 0 Å². The number of thiocarbonyl (C=S) groups is 1. The Balaban J connectivity index is 1.52. The standard InChI is InChI=1S/C18H15ClN2O4S2/c19-11-5-6-14(22)13(9-11)20-16(23)4-1-7-21-17(24)15(27-18(21)26)10-12-3-2-8-25-12/h2-3,5-6,8-10,22H,1,4,7H2,(H,20,23)/b15-10-. The third-order valence-corrected chi connectivity index (χ3v) is 5.32. The monoisotopic (exact) mass is 422 g/mol. The first-order chi connectivity index (χ1) is 12.9. The fourth-order valence-electron chi connectivity index (χ4n) is 2.41. The van der Waals surface area contributed by atoms with Crippen molar-refractivity contribution in [1.82, 2.24) is 4.90 Å². The first-order valence-corrected chi connectivity index (χ1v) is 9.61. The molecule has 0 saturated carbocycles. The molecule has 0 bridgehead atoms. The van der Waals surface area contributed by atoms with Gasteiger partial charge in [-0.25, -0.2) is 0 Å². The van der Waals surface area contributed by atoms with Crippen LogP contribution in [0, 0.1) is 0 Å². The summed E-state index contributed by atoms with van der Waals surface area (Å²) in [4.78, 5) is 26.5. The van der Waals surface area contributed by atoms with Crippen LogP contribution < -0.4 is 5.32 Å². The van der Waals surface area contributed by atoms with Gasteiger partial charge in [-0.15, -0.1) is 0 Å². The third kappa shape index (κ3) is 4.91. The van der Waals surface area contributed by atoms with Gasteiger partial charge in [-0.3, -0.25) is 14.5 Å². The molecule has 0 unspecified atom stereocenters. The third-order valence-electron chi connectivity index (χ3n) is 3.71. The Morgan fingerprint density at radius 2 is 2.22 bits per heavy atom. The molecule has 2 N–H and O–H groups in total. The molecule has 0 atom stereocenters. The van der Waals surface area contributed by atoms with Gasteiger partial charge in [0.15, 0.2) is 0 Å². The molecule has 1 aliphatic rings. The zero-order chi connectivity index (χ0) is 19.4. The second-order valence-electron chi connectivity index (χ2n) is 5.66. The smallest absolute Gasteiger partial charge is 0.266 e. The van der Waals surface area contributed by atoms with E-state index in [2.05, 4.69) is 5.32 Å². The second-order valence-corrected chi connectivity index (χ2v) is 7.77. The minimum absolute atomic E-state index is 0.0623. The van der Waals surface area contributed by atoms with E-state index in [1.165, 1.54) is 41.1 Å². The molecule has 2 heterocycles. The van der Waals surface area contributed by atoms with Crippen LogP contribution in [0.15, 0.2) is 45.9 Å². The lowest BCUT2D eigenvalue weighted by Crippen LogP contribution is -2.29. The number of aromatic hydroxyl groups is 1. The molecular formula is C18H15ClN2O4S2. The number of amides is 2. The SMILES string of the molecule is O=C(CCCN1C(=O)/C(=C/c2ccco2)SC1=S)Nc1cc(Cl)ccc1O. The van der Waals surface area contributed by atoms with Gasteiger partial charge in [-0.05, 0) is 36.8 Å². The van der Waals surface area contributed by atoms with Crippen molar-refractivity contribution in [2.75, 3.05) is 11.9 Å². The van der Waals surface area contributed by atoms with E-state index in [1.807, 2.05) is 0 Å². The van der Waals surface area contributed by atoms with Gasteiger partial charge >= 0.3 is 0 Å². The summed E-state index contributed by atoms with van der Waals surface area (Å²) in [6.07, 6.45) is 3.77. The first-order valence-electron chi connectivity index (χ1n) is 8.01. The Bertz CT molecular complexity index is 912. The number of nitrogens with one attached hydrogen (secondary N) is 1. The number of nitrogens with zero attached hydrogens (tertiary/aromatic N) is 1. The van der Waals surface area contributed by atoms with Crippen molar-refractivity contribution in [2.24, 2.45) is 0 Å². The minimum Gasteiger partial charge on any atom is -0.506 e. The quantitative estimate of drug-likeness (QED) is 0.411. The largest absolute Gasteiger partial charge is 0.506 e. The van der Waals surface area contributed by atoms with Crippen LogP contribution in [-0.2, 0) is 9.59 Å². The minimum atomic E-state index is -0.288. The van der Waals surface area contributed by atoms with Crippen LogP contribution in [0.25, 0.3) is 6.08 Å². The zero-order valence-electron chi connectivity index (χ0n) is 14.0. The van der Waals surface area contributed by atoms with Crippen molar-refractivity contribution in [3.63, 3.8) is 0 Å². The molecule has 1 fully saturated rings. The molecule has 0 aliphatic carbocycles. The summed E-state index contributed by atoms with van der Waals surface area (Å²) in [5.41, 5.74) is 0.250. The average Bonchev–Trinajstić information content (AvgIpc) is 3.22. The maximum Gasteiger partial charge on any atom is 0.266 e. The van der Waals surface area contributed by atoms with E-state index in [9.17, 15) is 14.7 Å². The fraction of sp³-hybridized carbons (Fsp3) is 0.167. The molecule has 3 rings (SSSR count). The number of carbonyl (C=O) groups excluding carboxylic acids is 2. The molecule has 1 aliphatic heterocycles. The van der Waals surface area contributed by atoms with Crippen LogP contribution >= 0.6 is 35.6 Å². The van der Waals surface area contributed by atoms with E-state index in [0.29, 0.717) is 33.0 Å². The molecule has 140 valence electrons. The summed E-state index contributed by atoms with van der Waals surface area (Å²) >= 11 is 12.3. The molecule has 9 heteroatoms. The molecule has 1 aromatic carbocycles. The number of benzene rings is 1. The van der Waals surface area contributed by atoms with Crippen molar-refractivity contribution < 1.29 is 19.1 Å². The van der Waals surface area contributed by atoms with Gasteiger partial charge in [0.05, 0.1) is 16.9 Å². The number of furan rings is 1. The van der Waals surface area contributed by atoms with E-state index >= 15 is 0 Å². The highest BCUT2D eigenvalue weighted by Crippen LogP contribution is 2.33. The number of thioether (sulfide) groups is 1. The number of carbonyl (C=O) groups is 2. The number of phenolic OH excluding ortho intramolecular Hbond substituents is 1. The van der Waals surface area contributed by atoms with E-state index < -0.39 is 0 Å². The number of phenols is 1. The van der Waals surface area contributed by atoms with Crippen molar-refractivity contribution in [1.29, 1.82) is 0 Å². The molecular weight excluding hydrogens is 408 g/mol. The van der Waals surface area contributed by atoms with Crippen LogP contribution in [0.5, 0.6) is 5.75 Å². The van der Waals surface area contributed by atoms with Crippen molar-refractivity contribution in [2.45, 2.75) is 12.8 Å². The summed E-state index contributed by atoms with van der Waals surface area (Å²) in [6, 6.07) is 7.89. The molecule has 6 nitrogen and oxygen atoms in total. The normalized spacial score (nSPS) is 15.6.